The van der Waals surface area contributed by atoms with Crippen molar-refractivity contribution in [1.29, 1.82) is 0 Å². The van der Waals surface area contributed by atoms with Crippen LogP contribution in [0.1, 0.15) is 44.1 Å². The van der Waals surface area contributed by atoms with E-state index in [9.17, 15) is 8.42 Å². The van der Waals surface area contributed by atoms with Crippen LogP contribution in [-0.2, 0) is 15.8 Å². The van der Waals surface area contributed by atoms with Crippen LogP contribution >= 0.6 is 0 Å². The van der Waals surface area contributed by atoms with E-state index < -0.39 is 10.0 Å². The van der Waals surface area contributed by atoms with Crippen LogP contribution in [0.3, 0.4) is 0 Å². The second-order valence-corrected chi connectivity index (χ2v) is 9.18. The molecular formula is C19H30N2O3S. The molecular weight excluding hydrogens is 336 g/mol. The summed E-state index contributed by atoms with van der Waals surface area (Å²) >= 11 is 0. The zero-order valence-corrected chi connectivity index (χ0v) is 15.9. The highest BCUT2D eigenvalue weighted by Gasteiger charge is 2.27. The molecule has 6 heteroatoms. The van der Waals surface area contributed by atoms with Crippen molar-refractivity contribution in [2.24, 2.45) is 5.92 Å². The molecule has 0 atom stereocenters. The van der Waals surface area contributed by atoms with Gasteiger partial charge in [0.25, 0.3) is 0 Å². The van der Waals surface area contributed by atoms with E-state index in [0.717, 1.165) is 37.5 Å². The summed E-state index contributed by atoms with van der Waals surface area (Å²) in [6, 6.07) is 8.02. The van der Waals surface area contributed by atoms with Gasteiger partial charge in [0.2, 0.25) is 10.0 Å². The van der Waals surface area contributed by atoms with Crippen molar-refractivity contribution in [2.75, 3.05) is 26.7 Å². The maximum atomic E-state index is 12.4. The Morgan fingerprint density at radius 2 is 1.88 bits per heavy atom. The van der Waals surface area contributed by atoms with Crippen molar-refractivity contribution in [1.82, 2.24) is 9.62 Å². The van der Waals surface area contributed by atoms with Crippen LogP contribution in [0.25, 0.3) is 0 Å². The molecule has 1 saturated heterocycles. The van der Waals surface area contributed by atoms with Crippen molar-refractivity contribution in [3.8, 4) is 5.75 Å². The molecule has 25 heavy (non-hydrogen) atoms. The summed E-state index contributed by atoms with van der Waals surface area (Å²) in [6.45, 7) is 2.80. The molecule has 0 bridgehead atoms. The third kappa shape index (κ3) is 5.43. The van der Waals surface area contributed by atoms with Gasteiger partial charge in [0.1, 0.15) is 5.75 Å². The van der Waals surface area contributed by atoms with Crippen molar-refractivity contribution >= 4 is 10.0 Å². The van der Waals surface area contributed by atoms with Crippen LogP contribution in [0.15, 0.2) is 24.3 Å². The number of likely N-dealkylation sites (tertiary alicyclic amines) is 1. The first kappa shape index (κ1) is 18.7. The number of ether oxygens (including phenoxy) is 1. The van der Waals surface area contributed by atoms with Gasteiger partial charge in [0, 0.05) is 12.6 Å². The first-order chi connectivity index (χ1) is 12.1. The van der Waals surface area contributed by atoms with Gasteiger partial charge in [-0.05, 0) is 62.4 Å². The van der Waals surface area contributed by atoms with Gasteiger partial charge >= 0.3 is 0 Å². The number of hydrogen-bond acceptors (Lipinski definition) is 4. The van der Waals surface area contributed by atoms with Gasteiger partial charge in [-0.25, -0.2) is 13.1 Å². The van der Waals surface area contributed by atoms with Crippen molar-refractivity contribution in [3.05, 3.63) is 29.8 Å². The van der Waals surface area contributed by atoms with Gasteiger partial charge in [0.05, 0.1) is 12.9 Å². The van der Waals surface area contributed by atoms with Gasteiger partial charge in [-0.15, -0.1) is 0 Å². The van der Waals surface area contributed by atoms with E-state index in [0.29, 0.717) is 18.2 Å². The van der Waals surface area contributed by atoms with Crippen LogP contribution in [0, 0.1) is 5.92 Å². The number of methoxy groups -OCH3 is 1. The summed E-state index contributed by atoms with van der Waals surface area (Å²) in [7, 11) is -1.72. The average Bonchev–Trinajstić information content (AvgIpc) is 3.15. The first-order valence-electron chi connectivity index (χ1n) is 9.40. The molecule has 0 radical (unpaired) electrons. The van der Waals surface area contributed by atoms with Crippen molar-refractivity contribution in [3.63, 3.8) is 0 Å². The molecule has 2 aliphatic rings. The summed E-state index contributed by atoms with van der Waals surface area (Å²) in [6.07, 6.45) is 7.62. The lowest BCUT2D eigenvalue weighted by molar-refractivity contribution is 0.135. The molecule has 140 valence electrons. The zero-order chi connectivity index (χ0) is 17.7. The Hall–Kier alpha value is -1.11. The number of benzene rings is 1. The van der Waals surface area contributed by atoms with E-state index in [-0.39, 0.29) is 5.75 Å². The van der Waals surface area contributed by atoms with E-state index in [1.807, 2.05) is 18.2 Å². The van der Waals surface area contributed by atoms with Gasteiger partial charge < -0.3 is 9.64 Å². The smallest absolute Gasteiger partial charge is 0.215 e. The number of sulfonamides is 1. The fraction of sp³-hybridized carbons (Fsp3) is 0.684. The Kier molecular flexibility index (Phi) is 6.36. The highest BCUT2D eigenvalue weighted by Crippen LogP contribution is 2.27. The molecule has 1 aromatic carbocycles. The molecule has 3 rings (SSSR count). The lowest BCUT2D eigenvalue weighted by Gasteiger charge is -2.36. The molecule has 1 aromatic rings. The quantitative estimate of drug-likeness (QED) is 0.806. The largest absolute Gasteiger partial charge is 0.497 e. The number of rotatable bonds is 7. The minimum atomic E-state index is -3.31. The van der Waals surface area contributed by atoms with Crippen molar-refractivity contribution < 1.29 is 13.2 Å². The average molecular weight is 367 g/mol. The summed E-state index contributed by atoms with van der Waals surface area (Å²) < 4.78 is 32.7. The van der Waals surface area contributed by atoms with Crippen LogP contribution in [-0.4, -0.2) is 46.1 Å². The number of hydrogen-bond donors (Lipinski definition) is 1. The fourth-order valence-electron chi connectivity index (χ4n) is 4.07. The molecule has 5 nitrogen and oxygen atoms in total. The van der Waals surface area contributed by atoms with Gasteiger partial charge in [0.15, 0.2) is 0 Å². The second kappa shape index (κ2) is 8.52. The monoisotopic (exact) mass is 366 g/mol. The highest BCUT2D eigenvalue weighted by atomic mass is 32.2. The third-order valence-electron chi connectivity index (χ3n) is 5.57. The Labute approximate surface area is 151 Å². The molecule has 2 fully saturated rings. The predicted molar refractivity (Wildman–Crippen MR) is 100 cm³/mol. The van der Waals surface area contributed by atoms with Crippen LogP contribution < -0.4 is 9.46 Å². The molecule has 1 aliphatic carbocycles. The Bertz CT molecular complexity index is 648. The second-order valence-electron chi connectivity index (χ2n) is 7.38. The van der Waals surface area contributed by atoms with E-state index in [4.69, 9.17) is 4.74 Å². The fourth-order valence-corrected chi connectivity index (χ4v) is 5.28. The summed E-state index contributed by atoms with van der Waals surface area (Å²) in [4.78, 5) is 2.62. The molecule has 0 spiro atoms. The number of nitrogens with zero attached hydrogens (tertiary/aromatic N) is 1. The normalized spacial score (nSPS) is 20.8. The first-order valence-corrected chi connectivity index (χ1v) is 11.1. The molecule has 1 N–H and O–H groups in total. The molecule has 1 saturated carbocycles. The standard InChI is InChI=1S/C19H30N2O3S/c1-24-19-8-4-5-17(13-19)15-25(22,23)20-14-16-9-11-21(12-10-16)18-6-2-3-7-18/h4-5,8,13,16,18,20H,2-3,6-7,9-12,14-15H2,1H3. The van der Waals surface area contributed by atoms with Gasteiger partial charge in [-0.2, -0.15) is 0 Å². The molecule has 1 aliphatic heterocycles. The molecule has 1 heterocycles. The van der Waals surface area contributed by atoms with Crippen molar-refractivity contribution in [2.45, 2.75) is 50.3 Å². The predicted octanol–water partition coefficient (Wildman–Crippen LogP) is 2.77. The molecule has 0 amide bonds. The summed E-state index contributed by atoms with van der Waals surface area (Å²) in [5.74, 6) is 1.15. The van der Waals surface area contributed by atoms with E-state index >= 15 is 0 Å². The minimum Gasteiger partial charge on any atom is -0.497 e. The van der Waals surface area contributed by atoms with Crippen LogP contribution in [0.5, 0.6) is 5.75 Å². The van der Waals surface area contributed by atoms with Crippen LogP contribution in [0.4, 0.5) is 0 Å². The summed E-state index contributed by atoms with van der Waals surface area (Å²) in [5, 5.41) is 0. The third-order valence-corrected chi connectivity index (χ3v) is 6.89. The summed E-state index contributed by atoms with van der Waals surface area (Å²) in [5.41, 5.74) is 0.753. The van der Waals surface area contributed by atoms with Crippen LogP contribution in [0.2, 0.25) is 0 Å². The lowest BCUT2D eigenvalue weighted by atomic mass is 9.96. The number of piperidine rings is 1. The Balaban J connectivity index is 1.44. The van der Waals surface area contributed by atoms with E-state index in [1.165, 1.54) is 25.7 Å². The number of nitrogens with one attached hydrogen (secondary N) is 1. The lowest BCUT2D eigenvalue weighted by Crippen LogP contribution is -2.42. The topological polar surface area (TPSA) is 58.6 Å². The maximum absolute atomic E-state index is 12.4. The SMILES string of the molecule is COc1cccc(CS(=O)(=O)NCC2CCN(C3CCCC3)CC2)c1. The Morgan fingerprint density at radius 3 is 2.56 bits per heavy atom. The van der Waals surface area contributed by atoms with Gasteiger partial charge in [-0.3, -0.25) is 0 Å². The minimum absolute atomic E-state index is 0.00508. The molecule has 0 unspecified atom stereocenters. The molecule has 0 aromatic heterocycles. The maximum Gasteiger partial charge on any atom is 0.215 e. The highest BCUT2D eigenvalue weighted by molar-refractivity contribution is 7.88. The zero-order valence-electron chi connectivity index (χ0n) is 15.1. The Morgan fingerprint density at radius 1 is 1.16 bits per heavy atom. The van der Waals surface area contributed by atoms with E-state index in [2.05, 4.69) is 9.62 Å². The van der Waals surface area contributed by atoms with E-state index in [1.54, 1.807) is 13.2 Å². The van der Waals surface area contributed by atoms with Gasteiger partial charge in [-0.1, -0.05) is 25.0 Å².